The molecule has 1 atom stereocenters. The number of unbranched alkanes of at least 4 members (excludes halogenated alkanes) is 2. The van der Waals surface area contributed by atoms with Gasteiger partial charge in [0.25, 0.3) is 5.56 Å². The number of nitrogens with zero attached hydrogens (tertiary/aromatic N) is 2. The first-order valence-corrected chi connectivity index (χ1v) is 12.1. The van der Waals surface area contributed by atoms with E-state index in [0.717, 1.165) is 35.3 Å². The Kier molecular flexibility index (Phi) is 6.03. The second-order valence-electron chi connectivity index (χ2n) is 8.18. The minimum Gasteiger partial charge on any atom is -0.388 e. The summed E-state index contributed by atoms with van der Waals surface area (Å²) in [7, 11) is 0. The minimum absolute atomic E-state index is 0.0126. The molecule has 0 bridgehead atoms. The Bertz CT molecular complexity index is 1170. The third-order valence-electron chi connectivity index (χ3n) is 6.33. The predicted octanol–water partition coefficient (Wildman–Crippen LogP) is 5.63. The third-order valence-corrected chi connectivity index (χ3v) is 7.05. The van der Waals surface area contributed by atoms with Gasteiger partial charge in [-0.15, -0.1) is 11.8 Å². The van der Waals surface area contributed by atoms with Crippen molar-refractivity contribution in [2.45, 2.75) is 70.4 Å². The number of rotatable bonds is 7. The van der Waals surface area contributed by atoms with E-state index >= 15 is 0 Å². The topological polar surface area (TPSA) is 55.1 Å². The highest BCUT2D eigenvalue weighted by atomic mass is 32.2. The molecule has 0 aliphatic carbocycles. The molecule has 0 spiro atoms. The Labute approximate surface area is 182 Å². The summed E-state index contributed by atoms with van der Waals surface area (Å²) in [6.45, 7) is 6.55. The van der Waals surface area contributed by atoms with Gasteiger partial charge in [-0.1, -0.05) is 26.7 Å². The Morgan fingerprint density at radius 3 is 2.73 bits per heavy atom. The molecule has 4 nitrogen and oxygen atoms in total. The quantitative estimate of drug-likeness (QED) is 0.310. The van der Waals surface area contributed by atoms with E-state index in [0.29, 0.717) is 18.5 Å². The highest BCUT2D eigenvalue weighted by molar-refractivity contribution is 7.98. The monoisotopic (exact) mass is 422 g/mol. The van der Waals surface area contributed by atoms with Crippen LogP contribution in [-0.2, 0) is 13.0 Å². The van der Waals surface area contributed by atoms with Crippen molar-refractivity contribution in [1.29, 1.82) is 0 Å². The average Bonchev–Trinajstić information content (AvgIpc) is 3.13. The number of fused-ring (bicyclic) bond motifs is 4. The van der Waals surface area contributed by atoms with E-state index in [9.17, 15) is 9.90 Å². The maximum atomic E-state index is 13.2. The van der Waals surface area contributed by atoms with Crippen molar-refractivity contribution in [3.63, 3.8) is 0 Å². The van der Waals surface area contributed by atoms with Crippen molar-refractivity contribution in [2.24, 2.45) is 0 Å². The normalized spacial score (nSPS) is 13.5. The molecule has 3 heterocycles. The van der Waals surface area contributed by atoms with Crippen molar-refractivity contribution in [3.8, 4) is 11.4 Å². The number of pyridine rings is 2. The van der Waals surface area contributed by atoms with Crippen LogP contribution in [0.1, 0.15) is 67.9 Å². The summed E-state index contributed by atoms with van der Waals surface area (Å²) in [5, 5.41) is 11.7. The second-order valence-corrected chi connectivity index (χ2v) is 9.06. The molecule has 0 radical (unpaired) electrons. The standard InChI is InChI=1S/C25H30N2O2S/c1-5-7-8-9-17-19-12-16(30-4)10-11-21(19)26-24-20(17)14-27-22(24)13-18(23(28)6-2)15(3)25(27)29/h10-13,23,28H,5-9,14H2,1-4H3. The Hall–Kier alpha value is -2.11. The van der Waals surface area contributed by atoms with Gasteiger partial charge in [-0.05, 0) is 67.8 Å². The van der Waals surface area contributed by atoms with Gasteiger partial charge in [0.15, 0.2) is 0 Å². The first-order chi connectivity index (χ1) is 14.5. The average molecular weight is 423 g/mol. The lowest BCUT2D eigenvalue weighted by Gasteiger charge is -2.14. The lowest BCUT2D eigenvalue weighted by molar-refractivity contribution is 0.172. The van der Waals surface area contributed by atoms with E-state index in [4.69, 9.17) is 4.98 Å². The van der Waals surface area contributed by atoms with E-state index in [1.807, 2.05) is 24.5 Å². The van der Waals surface area contributed by atoms with Crippen LogP contribution in [0, 0.1) is 6.92 Å². The van der Waals surface area contributed by atoms with Crippen LogP contribution < -0.4 is 5.56 Å². The highest BCUT2D eigenvalue weighted by Gasteiger charge is 2.28. The van der Waals surface area contributed by atoms with Crippen LogP contribution in [0.25, 0.3) is 22.3 Å². The number of aliphatic hydroxyl groups is 1. The first-order valence-electron chi connectivity index (χ1n) is 10.9. The number of benzene rings is 1. The van der Waals surface area contributed by atoms with Crippen LogP contribution in [0.4, 0.5) is 0 Å². The van der Waals surface area contributed by atoms with Gasteiger partial charge < -0.3 is 9.67 Å². The number of aliphatic hydroxyl groups excluding tert-OH is 1. The van der Waals surface area contributed by atoms with Crippen molar-refractivity contribution in [3.05, 3.63) is 56.9 Å². The number of aromatic nitrogens is 2. The van der Waals surface area contributed by atoms with Crippen molar-refractivity contribution < 1.29 is 5.11 Å². The van der Waals surface area contributed by atoms with E-state index < -0.39 is 6.10 Å². The Balaban J connectivity index is 1.96. The van der Waals surface area contributed by atoms with Gasteiger partial charge in [0.05, 0.1) is 29.6 Å². The number of aryl methyl sites for hydroxylation is 1. The molecule has 0 fully saturated rings. The maximum Gasteiger partial charge on any atom is 0.254 e. The number of thioether (sulfide) groups is 1. The molecule has 1 aliphatic heterocycles. The molecular weight excluding hydrogens is 392 g/mol. The van der Waals surface area contributed by atoms with Crippen LogP contribution in [0.3, 0.4) is 0 Å². The smallest absolute Gasteiger partial charge is 0.254 e. The maximum absolute atomic E-state index is 13.2. The predicted molar refractivity (Wildman–Crippen MR) is 126 cm³/mol. The molecular formula is C25H30N2O2S. The molecule has 0 saturated heterocycles. The van der Waals surface area contributed by atoms with Crippen LogP contribution in [0.15, 0.2) is 34.0 Å². The van der Waals surface area contributed by atoms with Crippen LogP contribution in [-0.4, -0.2) is 20.9 Å². The Morgan fingerprint density at radius 1 is 1.23 bits per heavy atom. The molecule has 1 N–H and O–H groups in total. The zero-order chi connectivity index (χ0) is 21.4. The zero-order valence-corrected chi connectivity index (χ0v) is 19.1. The van der Waals surface area contributed by atoms with E-state index in [1.54, 1.807) is 11.8 Å². The summed E-state index contributed by atoms with van der Waals surface area (Å²) in [5.41, 5.74) is 6.60. The fraction of sp³-hybridized carbons (Fsp3) is 0.440. The molecule has 3 aromatic rings. The van der Waals surface area contributed by atoms with Gasteiger partial charge in [0.2, 0.25) is 0 Å². The molecule has 4 rings (SSSR count). The minimum atomic E-state index is -0.624. The number of hydrogen-bond acceptors (Lipinski definition) is 4. The Morgan fingerprint density at radius 2 is 2.03 bits per heavy atom. The summed E-state index contributed by atoms with van der Waals surface area (Å²) >= 11 is 1.74. The van der Waals surface area contributed by atoms with Crippen molar-refractivity contribution in [1.82, 2.24) is 9.55 Å². The van der Waals surface area contributed by atoms with E-state index in [-0.39, 0.29) is 5.56 Å². The summed E-state index contributed by atoms with van der Waals surface area (Å²) < 4.78 is 1.84. The molecule has 0 saturated carbocycles. The SMILES string of the molecule is CCCCCc1c2c(nc3ccc(SC)cc13)-c1cc(C(O)CC)c(C)c(=O)n1C2. The molecule has 1 aliphatic rings. The molecule has 158 valence electrons. The molecule has 1 aromatic carbocycles. The number of hydrogen-bond donors (Lipinski definition) is 1. The lowest BCUT2D eigenvalue weighted by atomic mass is 9.95. The van der Waals surface area contributed by atoms with Crippen LogP contribution >= 0.6 is 11.8 Å². The molecule has 2 aromatic heterocycles. The molecule has 0 amide bonds. The van der Waals surface area contributed by atoms with Gasteiger partial charge in [-0.2, -0.15) is 0 Å². The van der Waals surface area contributed by atoms with Gasteiger partial charge in [-0.25, -0.2) is 4.98 Å². The molecule has 1 unspecified atom stereocenters. The van der Waals surface area contributed by atoms with E-state index in [2.05, 4.69) is 31.4 Å². The lowest BCUT2D eigenvalue weighted by Crippen LogP contribution is -2.23. The molecule has 5 heteroatoms. The first kappa shape index (κ1) is 21.1. The van der Waals surface area contributed by atoms with Gasteiger partial charge in [0, 0.05) is 21.4 Å². The summed E-state index contributed by atoms with van der Waals surface area (Å²) in [6, 6.07) is 8.45. The van der Waals surface area contributed by atoms with Crippen molar-refractivity contribution >= 4 is 22.7 Å². The van der Waals surface area contributed by atoms with Gasteiger partial charge in [-0.3, -0.25) is 4.79 Å². The van der Waals surface area contributed by atoms with Gasteiger partial charge >= 0.3 is 0 Å². The molecule has 30 heavy (non-hydrogen) atoms. The fourth-order valence-corrected chi connectivity index (χ4v) is 4.98. The largest absolute Gasteiger partial charge is 0.388 e. The summed E-state index contributed by atoms with van der Waals surface area (Å²) in [5.74, 6) is 0. The fourth-order valence-electron chi connectivity index (χ4n) is 4.54. The van der Waals surface area contributed by atoms with Crippen LogP contribution in [0.2, 0.25) is 0 Å². The van der Waals surface area contributed by atoms with Gasteiger partial charge in [0.1, 0.15) is 0 Å². The zero-order valence-electron chi connectivity index (χ0n) is 18.3. The van der Waals surface area contributed by atoms with E-state index in [1.165, 1.54) is 34.3 Å². The third kappa shape index (κ3) is 3.48. The van der Waals surface area contributed by atoms with Crippen LogP contribution in [0.5, 0.6) is 0 Å². The highest BCUT2D eigenvalue weighted by Crippen LogP contribution is 2.38. The second kappa shape index (κ2) is 8.56. The summed E-state index contributed by atoms with van der Waals surface area (Å²) in [6.07, 6.45) is 6.56. The van der Waals surface area contributed by atoms with Crippen molar-refractivity contribution in [2.75, 3.05) is 6.26 Å². The summed E-state index contributed by atoms with van der Waals surface area (Å²) in [4.78, 5) is 19.4.